The maximum absolute atomic E-state index is 3.55. The normalized spacial score (nSPS) is 15.7. The minimum Gasteiger partial charge on any atom is -0.379 e. The van der Waals surface area contributed by atoms with E-state index in [-0.39, 0.29) is 0 Å². The molecule has 1 heteroatoms. The highest BCUT2D eigenvalue weighted by atomic mass is 14.9. The number of benzene rings is 3. The van der Waals surface area contributed by atoms with Crippen LogP contribution in [0.4, 0.5) is 5.69 Å². The lowest BCUT2D eigenvalue weighted by Crippen LogP contribution is -2.17. The molecule has 0 heterocycles. The van der Waals surface area contributed by atoms with Gasteiger partial charge in [-0.15, -0.1) is 0 Å². The Bertz CT molecular complexity index is 984. The second kappa shape index (κ2) is 9.57. The van der Waals surface area contributed by atoms with Gasteiger partial charge >= 0.3 is 0 Å². The van der Waals surface area contributed by atoms with Crippen molar-refractivity contribution in [1.82, 2.24) is 0 Å². The van der Waals surface area contributed by atoms with Gasteiger partial charge in [0.05, 0.1) is 0 Å². The number of para-hydroxylation sites is 1. The molecule has 1 nitrogen and oxygen atoms in total. The highest BCUT2D eigenvalue weighted by molar-refractivity contribution is 5.80. The molecule has 0 saturated heterocycles. The summed E-state index contributed by atoms with van der Waals surface area (Å²) < 4.78 is 0. The van der Waals surface area contributed by atoms with Crippen LogP contribution in [0.25, 0.3) is 5.57 Å². The van der Waals surface area contributed by atoms with Gasteiger partial charge in [-0.05, 0) is 40.8 Å². The van der Waals surface area contributed by atoms with Gasteiger partial charge in [-0.25, -0.2) is 0 Å². The zero-order chi connectivity index (χ0) is 19.7. The summed E-state index contributed by atoms with van der Waals surface area (Å²) in [6, 6.07) is 31.8. The van der Waals surface area contributed by atoms with E-state index in [1.165, 1.54) is 22.3 Å². The van der Waals surface area contributed by atoms with E-state index >= 15 is 0 Å². The zero-order valence-electron chi connectivity index (χ0n) is 16.4. The van der Waals surface area contributed by atoms with Gasteiger partial charge in [0.1, 0.15) is 0 Å². The third kappa shape index (κ3) is 5.24. The first kappa shape index (κ1) is 18.8. The van der Waals surface area contributed by atoms with Crippen LogP contribution in [0, 0.1) is 0 Å². The Hall–Kier alpha value is -3.58. The Morgan fingerprint density at radius 1 is 0.759 bits per heavy atom. The van der Waals surface area contributed by atoms with E-state index in [1.807, 2.05) is 6.07 Å². The number of hydrogen-bond donors (Lipinski definition) is 1. The van der Waals surface area contributed by atoms with Crippen LogP contribution >= 0.6 is 0 Å². The SMILES string of the molecule is C(=CC1=CCC(Nc2ccccc2)C=C1)C=C(c1ccccc1)c1ccccc1. The maximum atomic E-state index is 3.55. The van der Waals surface area contributed by atoms with Crippen LogP contribution in [0.2, 0.25) is 0 Å². The van der Waals surface area contributed by atoms with E-state index < -0.39 is 0 Å². The average molecular weight is 376 g/mol. The number of nitrogens with one attached hydrogen (secondary N) is 1. The van der Waals surface area contributed by atoms with Crippen LogP contribution < -0.4 is 5.32 Å². The van der Waals surface area contributed by atoms with Crippen molar-refractivity contribution in [3.05, 3.63) is 144 Å². The molecule has 1 atom stereocenters. The fraction of sp³-hybridized carbons (Fsp3) is 0.0714. The minimum atomic E-state index is 0.342. The van der Waals surface area contributed by atoms with Gasteiger partial charge in [-0.3, -0.25) is 0 Å². The first-order valence-electron chi connectivity index (χ1n) is 10.1. The largest absolute Gasteiger partial charge is 0.379 e. The second-order valence-electron chi connectivity index (χ2n) is 7.09. The van der Waals surface area contributed by atoms with Crippen molar-refractivity contribution in [2.24, 2.45) is 0 Å². The smallest absolute Gasteiger partial charge is 0.0482 e. The van der Waals surface area contributed by atoms with Gasteiger partial charge in [0.15, 0.2) is 0 Å². The molecule has 0 aliphatic heterocycles. The van der Waals surface area contributed by atoms with E-state index in [0.29, 0.717) is 6.04 Å². The Balaban J connectivity index is 1.46. The first-order chi connectivity index (χ1) is 14.4. The molecule has 1 aliphatic carbocycles. The Morgan fingerprint density at radius 2 is 1.34 bits per heavy atom. The van der Waals surface area contributed by atoms with Gasteiger partial charge in [0.2, 0.25) is 0 Å². The van der Waals surface area contributed by atoms with Gasteiger partial charge < -0.3 is 5.32 Å². The third-order valence-corrected chi connectivity index (χ3v) is 4.98. The van der Waals surface area contributed by atoms with Crippen LogP contribution in [0.15, 0.2) is 133 Å². The standard InChI is InChI=1S/C28H25N/c1-4-12-24(13-5-1)28(25-14-6-2-7-15-25)18-10-11-23-19-21-27(22-20-23)29-26-16-8-3-9-17-26/h1-21,27,29H,22H2. The molecule has 0 radical (unpaired) electrons. The molecular formula is C28H25N. The molecule has 4 rings (SSSR count). The predicted molar refractivity (Wildman–Crippen MR) is 125 cm³/mol. The summed E-state index contributed by atoms with van der Waals surface area (Å²) in [6.07, 6.45) is 14.2. The highest BCUT2D eigenvalue weighted by Crippen LogP contribution is 2.23. The molecule has 0 amide bonds. The van der Waals surface area contributed by atoms with Crippen molar-refractivity contribution < 1.29 is 0 Å². The van der Waals surface area contributed by atoms with Crippen molar-refractivity contribution in [1.29, 1.82) is 0 Å². The predicted octanol–water partition coefficient (Wildman–Crippen LogP) is 7.04. The molecule has 1 N–H and O–H groups in total. The summed E-state index contributed by atoms with van der Waals surface area (Å²) >= 11 is 0. The van der Waals surface area contributed by atoms with E-state index in [9.17, 15) is 0 Å². The second-order valence-corrected chi connectivity index (χ2v) is 7.09. The molecular weight excluding hydrogens is 350 g/mol. The number of rotatable bonds is 6. The minimum absolute atomic E-state index is 0.342. The van der Waals surface area contributed by atoms with Gasteiger partial charge in [0.25, 0.3) is 0 Å². The van der Waals surface area contributed by atoms with Crippen LogP contribution in [0.1, 0.15) is 17.5 Å². The molecule has 0 saturated carbocycles. The summed E-state index contributed by atoms with van der Waals surface area (Å²) in [5, 5.41) is 3.55. The van der Waals surface area contributed by atoms with E-state index in [1.54, 1.807) is 0 Å². The van der Waals surface area contributed by atoms with Gasteiger partial charge in [-0.1, -0.05) is 115 Å². The lowest BCUT2D eigenvalue weighted by atomic mass is 9.97. The van der Waals surface area contributed by atoms with Crippen LogP contribution in [-0.2, 0) is 0 Å². The Morgan fingerprint density at radius 3 is 1.90 bits per heavy atom. The fourth-order valence-electron chi connectivity index (χ4n) is 3.47. The van der Waals surface area contributed by atoms with Crippen LogP contribution in [-0.4, -0.2) is 6.04 Å². The topological polar surface area (TPSA) is 12.0 Å². The molecule has 142 valence electrons. The van der Waals surface area contributed by atoms with Gasteiger partial charge in [-0.2, -0.15) is 0 Å². The van der Waals surface area contributed by atoms with Crippen LogP contribution in [0.5, 0.6) is 0 Å². The highest BCUT2D eigenvalue weighted by Gasteiger charge is 2.07. The lowest BCUT2D eigenvalue weighted by Gasteiger charge is -2.18. The third-order valence-electron chi connectivity index (χ3n) is 4.98. The average Bonchev–Trinajstić information content (AvgIpc) is 2.80. The van der Waals surface area contributed by atoms with Crippen molar-refractivity contribution in [2.75, 3.05) is 5.32 Å². The summed E-state index contributed by atoms with van der Waals surface area (Å²) in [7, 11) is 0. The number of allylic oxidation sites excluding steroid dienone is 5. The molecule has 0 fully saturated rings. The van der Waals surface area contributed by atoms with Gasteiger partial charge in [0, 0.05) is 11.7 Å². The Labute approximate surface area is 173 Å². The van der Waals surface area contributed by atoms with Crippen molar-refractivity contribution >= 4 is 11.3 Å². The first-order valence-corrected chi connectivity index (χ1v) is 10.1. The molecule has 29 heavy (non-hydrogen) atoms. The van der Waals surface area contributed by atoms with Crippen molar-refractivity contribution in [3.8, 4) is 0 Å². The molecule has 0 spiro atoms. The van der Waals surface area contributed by atoms with Crippen LogP contribution in [0.3, 0.4) is 0 Å². The van der Waals surface area contributed by atoms with Crippen molar-refractivity contribution in [3.63, 3.8) is 0 Å². The monoisotopic (exact) mass is 375 g/mol. The molecule has 0 bridgehead atoms. The molecule has 1 unspecified atom stereocenters. The quantitative estimate of drug-likeness (QED) is 0.456. The van der Waals surface area contributed by atoms with Crippen molar-refractivity contribution in [2.45, 2.75) is 12.5 Å². The summed E-state index contributed by atoms with van der Waals surface area (Å²) in [4.78, 5) is 0. The number of hydrogen-bond acceptors (Lipinski definition) is 1. The zero-order valence-corrected chi connectivity index (χ0v) is 16.4. The molecule has 0 aromatic heterocycles. The lowest BCUT2D eigenvalue weighted by molar-refractivity contribution is 0.878. The molecule has 1 aliphatic rings. The summed E-state index contributed by atoms with van der Waals surface area (Å²) in [5.41, 5.74) is 6.08. The van der Waals surface area contributed by atoms with E-state index in [0.717, 1.165) is 12.1 Å². The van der Waals surface area contributed by atoms with E-state index in [2.05, 4.69) is 127 Å². The molecule has 3 aromatic rings. The van der Waals surface area contributed by atoms with E-state index in [4.69, 9.17) is 0 Å². The summed E-state index contributed by atoms with van der Waals surface area (Å²) in [5.74, 6) is 0. The summed E-state index contributed by atoms with van der Waals surface area (Å²) in [6.45, 7) is 0. The maximum Gasteiger partial charge on any atom is 0.0482 e. The Kier molecular flexibility index (Phi) is 6.19. The fourth-order valence-corrected chi connectivity index (χ4v) is 3.47. The molecule has 3 aromatic carbocycles. The number of anilines is 1.